The lowest BCUT2D eigenvalue weighted by molar-refractivity contribution is -0.147. The van der Waals surface area contributed by atoms with Crippen LogP contribution in [0.2, 0.25) is 0 Å². The number of hydrogen-bond acceptors (Lipinski definition) is 5. The fourth-order valence-electron chi connectivity index (χ4n) is 4.18. The van der Waals surface area contributed by atoms with Gasteiger partial charge in [-0.15, -0.1) is 0 Å². The van der Waals surface area contributed by atoms with E-state index in [9.17, 15) is 9.59 Å². The Morgan fingerprint density at radius 3 is 2.85 bits per heavy atom. The Bertz CT molecular complexity index is 702. The van der Waals surface area contributed by atoms with Gasteiger partial charge in [-0.1, -0.05) is 0 Å². The fraction of sp³-hybridized carbons (Fsp3) is 0.684. The van der Waals surface area contributed by atoms with Crippen LogP contribution in [0.3, 0.4) is 0 Å². The number of carbonyl (C=O) groups is 2. The van der Waals surface area contributed by atoms with Gasteiger partial charge in [0.05, 0.1) is 11.7 Å². The van der Waals surface area contributed by atoms with Crippen LogP contribution in [0.15, 0.2) is 6.20 Å². The summed E-state index contributed by atoms with van der Waals surface area (Å²) >= 11 is 0. The lowest BCUT2D eigenvalue weighted by Crippen LogP contribution is -2.42. The second kappa shape index (κ2) is 7.31. The zero-order chi connectivity index (χ0) is 18.1. The van der Waals surface area contributed by atoms with Gasteiger partial charge in [-0.2, -0.15) is 0 Å². The van der Waals surface area contributed by atoms with E-state index in [1.807, 2.05) is 16.0 Å². The van der Waals surface area contributed by atoms with Crippen molar-refractivity contribution in [3.05, 3.63) is 23.3 Å². The molecule has 3 aliphatic rings. The molecule has 0 saturated carbocycles. The maximum Gasteiger partial charge on any atom is 0.252 e. The molecule has 2 saturated heterocycles. The van der Waals surface area contributed by atoms with Crippen LogP contribution >= 0.6 is 0 Å². The van der Waals surface area contributed by atoms with Gasteiger partial charge in [0.2, 0.25) is 5.91 Å². The molecule has 2 amide bonds. The molecule has 3 aliphatic heterocycles. The number of carbonyl (C=O) groups excluding carboxylic acids is 2. The predicted octanol–water partition coefficient (Wildman–Crippen LogP) is 1.61. The highest BCUT2D eigenvalue weighted by atomic mass is 16.5. The number of amides is 2. The van der Waals surface area contributed by atoms with E-state index in [-0.39, 0.29) is 24.0 Å². The Balaban J connectivity index is 1.51. The summed E-state index contributed by atoms with van der Waals surface area (Å²) in [4.78, 5) is 37.6. The van der Waals surface area contributed by atoms with Crippen molar-refractivity contribution in [2.75, 3.05) is 19.7 Å². The number of fused-ring (bicyclic) bond motifs is 1. The standard InChI is InChI=1S/C19H26N4O3/c1-13(24)22-9-7-15-14(12-22)11-20-18(21-15)16-5-4-8-23(16)19(25)17-6-2-3-10-26-17/h11,16-17H,2-10,12H2,1H3/t16-,17-/m0/s1. The van der Waals surface area contributed by atoms with E-state index in [0.717, 1.165) is 62.2 Å². The molecule has 0 bridgehead atoms. The van der Waals surface area contributed by atoms with Gasteiger partial charge in [0.25, 0.3) is 5.91 Å². The van der Waals surface area contributed by atoms with Crippen molar-refractivity contribution in [3.63, 3.8) is 0 Å². The zero-order valence-corrected chi connectivity index (χ0v) is 15.3. The molecule has 2 atom stereocenters. The van der Waals surface area contributed by atoms with Crippen LogP contribution in [0.5, 0.6) is 0 Å². The molecule has 7 heteroatoms. The van der Waals surface area contributed by atoms with Gasteiger partial charge < -0.3 is 14.5 Å². The maximum atomic E-state index is 12.9. The normalized spacial score (nSPS) is 25.9. The van der Waals surface area contributed by atoms with Gasteiger partial charge in [0, 0.05) is 51.3 Å². The first-order valence-electron chi connectivity index (χ1n) is 9.66. The summed E-state index contributed by atoms with van der Waals surface area (Å²) < 4.78 is 5.69. The Hall–Kier alpha value is -2.02. The highest BCUT2D eigenvalue weighted by Crippen LogP contribution is 2.32. The molecule has 0 radical (unpaired) electrons. The third-order valence-corrected chi connectivity index (χ3v) is 5.69. The lowest BCUT2D eigenvalue weighted by Gasteiger charge is -2.31. The van der Waals surface area contributed by atoms with Crippen LogP contribution in [0.1, 0.15) is 62.2 Å². The van der Waals surface area contributed by atoms with Crippen molar-refractivity contribution in [2.24, 2.45) is 0 Å². The summed E-state index contributed by atoms with van der Waals surface area (Å²) in [5, 5.41) is 0. The van der Waals surface area contributed by atoms with Crippen molar-refractivity contribution in [1.29, 1.82) is 0 Å². The first-order valence-corrected chi connectivity index (χ1v) is 9.66. The molecular weight excluding hydrogens is 332 g/mol. The first-order chi connectivity index (χ1) is 12.6. The second-order valence-electron chi connectivity index (χ2n) is 7.44. The largest absolute Gasteiger partial charge is 0.368 e. The van der Waals surface area contributed by atoms with Crippen LogP contribution in [-0.4, -0.2) is 57.4 Å². The number of hydrogen-bond donors (Lipinski definition) is 0. The molecule has 0 aliphatic carbocycles. The highest BCUT2D eigenvalue weighted by molar-refractivity contribution is 5.81. The Labute approximate surface area is 153 Å². The third-order valence-electron chi connectivity index (χ3n) is 5.69. The molecule has 140 valence electrons. The fourth-order valence-corrected chi connectivity index (χ4v) is 4.18. The van der Waals surface area contributed by atoms with Gasteiger partial charge >= 0.3 is 0 Å². The average molecular weight is 358 g/mol. The Morgan fingerprint density at radius 1 is 1.19 bits per heavy atom. The Kier molecular flexibility index (Phi) is 4.89. The van der Waals surface area contributed by atoms with Crippen molar-refractivity contribution >= 4 is 11.8 Å². The van der Waals surface area contributed by atoms with E-state index in [1.165, 1.54) is 0 Å². The maximum absolute atomic E-state index is 12.9. The molecule has 4 heterocycles. The van der Waals surface area contributed by atoms with E-state index in [1.54, 1.807) is 6.92 Å². The number of aromatic nitrogens is 2. The smallest absolute Gasteiger partial charge is 0.252 e. The van der Waals surface area contributed by atoms with E-state index in [2.05, 4.69) is 4.98 Å². The first kappa shape index (κ1) is 17.4. The molecule has 1 aromatic rings. The van der Waals surface area contributed by atoms with Crippen molar-refractivity contribution in [2.45, 2.75) is 64.1 Å². The molecule has 2 fully saturated rings. The molecule has 26 heavy (non-hydrogen) atoms. The van der Waals surface area contributed by atoms with Crippen LogP contribution in [0.4, 0.5) is 0 Å². The summed E-state index contributed by atoms with van der Waals surface area (Å²) in [7, 11) is 0. The van der Waals surface area contributed by atoms with Crippen LogP contribution in [-0.2, 0) is 27.3 Å². The molecule has 0 aromatic carbocycles. The summed E-state index contributed by atoms with van der Waals surface area (Å²) in [6.45, 7) is 4.30. The topological polar surface area (TPSA) is 75.6 Å². The SMILES string of the molecule is CC(=O)N1CCc2nc([C@@H]3CCCN3C(=O)[C@@H]3CCCCO3)ncc2C1. The minimum atomic E-state index is -0.300. The molecule has 7 nitrogen and oxygen atoms in total. The summed E-state index contributed by atoms with van der Waals surface area (Å²) in [5.41, 5.74) is 2.03. The quantitative estimate of drug-likeness (QED) is 0.803. The molecule has 1 aromatic heterocycles. The van der Waals surface area contributed by atoms with Gasteiger partial charge in [-0.25, -0.2) is 9.97 Å². The van der Waals surface area contributed by atoms with Gasteiger partial charge in [-0.3, -0.25) is 9.59 Å². The predicted molar refractivity (Wildman–Crippen MR) is 94.1 cm³/mol. The van der Waals surface area contributed by atoms with Gasteiger partial charge in [-0.05, 0) is 32.1 Å². The van der Waals surface area contributed by atoms with E-state index < -0.39 is 0 Å². The molecular formula is C19H26N4O3. The summed E-state index contributed by atoms with van der Waals surface area (Å²) in [6, 6.07) is -0.0517. The lowest BCUT2D eigenvalue weighted by atomic mass is 10.1. The van der Waals surface area contributed by atoms with Gasteiger partial charge in [0.15, 0.2) is 5.82 Å². The second-order valence-corrected chi connectivity index (χ2v) is 7.44. The summed E-state index contributed by atoms with van der Waals surface area (Å²) in [6.07, 6.45) is 7.06. The molecule has 0 unspecified atom stereocenters. The van der Waals surface area contributed by atoms with Crippen LogP contribution in [0, 0.1) is 0 Å². The molecule has 4 rings (SSSR count). The number of rotatable bonds is 2. The third kappa shape index (κ3) is 3.32. The van der Waals surface area contributed by atoms with Crippen molar-refractivity contribution in [1.82, 2.24) is 19.8 Å². The van der Waals surface area contributed by atoms with E-state index in [0.29, 0.717) is 19.7 Å². The number of likely N-dealkylation sites (tertiary alicyclic amines) is 1. The van der Waals surface area contributed by atoms with Crippen LogP contribution in [0.25, 0.3) is 0 Å². The van der Waals surface area contributed by atoms with E-state index in [4.69, 9.17) is 9.72 Å². The molecule has 0 N–H and O–H groups in total. The Morgan fingerprint density at radius 2 is 2.08 bits per heavy atom. The highest BCUT2D eigenvalue weighted by Gasteiger charge is 2.37. The average Bonchev–Trinajstić information content (AvgIpc) is 3.17. The van der Waals surface area contributed by atoms with E-state index >= 15 is 0 Å². The van der Waals surface area contributed by atoms with Crippen molar-refractivity contribution in [3.8, 4) is 0 Å². The minimum Gasteiger partial charge on any atom is -0.368 e. The van der Waals surface area contributed by atoms with Gasteiger partial charge in [0.1, 0.15) is 6.10 Å². The molecule has 0 spiro atoms. The van der Waals surface area contributed by atoms with Crippen molar-refractivity contribution < 1.29 is 14.3 Å². The summed E-state index contributed by atoms with van der Waals surface area (Å²) in [5.74, 6) is 0.915. The number of nitrogens with zero attached hydrogens (tertiary/aromatic N) is 4. The number of ether oxygens (including phenoxy) is 1. The zero-order valence-electron chi connectivity index (χ0n) is 15.3. The monoisotopic (exact) mass is 358 g/mol. The van der Waals surface area contributed by atoms with Crippen LogP contribution < -0.4 is 0 Å². The minimum absolute atomic E-state index is 0.0517.